The van der Waals surface area contributed by atoms with Crippen LogP contribution in [-0.2, 0) is 4.79 Å². The van der Waals surface area contributed by atoms with Crippen molar-refractivity contribution >= 4 is 52.4 Å². The van der Waals surface area contributed by atoms with E-state index in [-0.39, 0.29) is 23.7 Å². The molecule has 43 heavy (non-hydrogen) atoms. The molecule has 2 aromatic carbocycles. The van der Waals surface area contributed by atoms with E-state index < -0.39 is 11.5 Å². The molecule has 4 rings (SSSR count). The maximum absolute atomic E-state index is 16.6. The maximum atomic E-state index is 16.6. The Kier molecular flexibility index (Phi) is 11.8. The average molecular weight is 646 g/mol. The van der Waals surface area contributed by atoms with Gasteiger partial charge in [0.1, 0.15) is 11.4 Å². The Bertz CT molecular complexity index is 1330. The number of nitrogens with zero attached hydrogens (tertiary/aromatic N) is 2. The van der Waals surface area contributed by atoms with Crippen LogP contribution >= 0.6 is 35.1 Å². The van der Waals surface area contributed by atoms with Crippen molar-refractivity contribution in [3.8, 4) is 0 Å². The summed E-state index contributed by atoms with van der Waals surface area (Å²) in [7, 11) is 1.90. The third-order valence-electron chi connectivity index (χ3n) is 8.61. The topological polar surface area (TPSA) is 47.6 Å². The van der Waals surface area contributed by atoms with Crippen molar-refractivity contribution in [1.29, 1.82) is 0 Å². The molecule has 9 heteroatoms. The van der Waals surface area contributed by atoms with Crippen LogP contribution in [0.3, 0.4) is 0 Å². The fraction of sp³-hybridized carbons (Fsp3) is 0.441. The first-order valence-corrected chi connectivity index (χ1v) is 16.6. The van der Waals surface area contributed by atoms with E-state index in [2.05, 4.69) is 64.5 Å². The van der Waals surface area contributed by atoms with Crippen LogP contribution in [0.1, 0.15) is 40.0 Å². The molecule has 5 nitrogen and oxygen atoms in total. The summed E-state index contributed by atoms with van der Waals surface area (Å²) >= 11 is 13.8. The molecule has 1 aliphatic carbocycles. The van der Waals surface area contributed by atoms with E-state index in [0.717, 1.165) is 42.9 Å². The van der Waals surface area contributed by atoms with Crippen molar-refractivity contribution < 1.29 is 9.18 Å². The van der Waals surface area contributed by atoms with E-state index in [1.807, 2.05) is 20.0 Å². The van der Waals surface area contributed by atoms with Crippen molar-refractivity contribution in [3.05, 3.63) is 89.2 Å². The number of anilines is 2. The van der Waals surface area contributed by atoms with E-state index in [4.69, 9.17) is 23.2 Å². The van der Waals surface area contributed by atoms with Gasteiger partial charge < -0.3 is 10.2 Å². The number of amides is 1. The number of benzene rings is 2. The van der Waals surface area contributed by atoms with Crippen LogP contribution in [0, 0.1) is 17.8 Å². The lowest BCUT2D eigenvalue weighted by Gasteiger charge is -2.39. The van der Waals surface area contributed by atoms with Gasteiger partial charge in [0.25, 0.3) is 0 Å². The third-order valence-corrected chi connectivity index (χ3v) is 9.68. The van der Waals surface area contributed by atoms with Crippen LogP contribution in [0.2, 0.25) is 5.02 Å². The van der Waals surface area contributed by atoms with Crippen molar-refractivity contribution in [1.82, 2.24) is 9.62 Å². The van der Waals surface area contributed by atoms with Gasteiger partial charge in [-0.3, -0.25) is 14.4 Å². The second-order valence-corrected chi connectivity index (χ2v) is 13.7. The molecule has 2 unspecified atom stereocenters. The molecule has 1 amide bonds. The Labute approximate surface area is 270 Å². The first kappa shape index (κ1) is 33.6. The van der Waals surface area contributed by atoms with E-state index >= 15 is 4.39 Å². The van der Waals surface area contributed by atoms with E-state index in [9.17, 15) is 4.79 Å². The van der Waals surface area contributed by atoms with Crippen LogP contribution in [0.25, 0.3) is 0 Å². The van der Waals surface area contributed by atoms with Crippen LogP contribution in [0.15, 0.2) is 89.1 Å². The van der Waals surface area contributed by atoms with Gasteiger partial charge in [-0.1, -0.05) is 48.8 Å². The molecule has 0 radical (unpaired) electrons. The molecule has 2 N–H and O–H groups in total. The lowest BCUT2D eigenvalue weighted by molar-refractivity contribution is -0.128. The average Bonchev–Trinajstić information content (AvgIpc) is 3.76. The number of allylic oxidation sites excluding steroid dienone is 4. The van der Waals surface area contributed by atoms with Crippen LogP contribution < -0.4 is 14.9 Å². The van der Waals surface area contributed by atoms with Crippen LogP contribution in [0.5, 0.6) is 0 Å². The molecule has 0 bridgehead atoms. The van der Waals surface area contributed by atoms with E-state index in [0.29, 0.717) is 28.2 Å². The minimum absolute atomic E-state index is 0.0506. The molecule has 0 aromatic heterocycles. The van der Waals surface area contributed by atoms with Gasteiger partial charge in [0.05, 0.1) is 0 Å². The third kappa shape index (κ3) is 8.25. The zero-order valence-electron chi connectivity index (χ0n) is 25.5. The van der Waals surface area contributed by atoms with Gasteiger partial charge in [-0.2, -0.15) is 0 Å². The molecular formula is C34H43Cl2FN4OS. The summed E-state index contributed by atoms with van der Waals surface area (Å²) in [5.41, 5.74) is 0.531. The van der Waals surface area contributed by atoms with Gasteiger partial charge in [0.15, 0.2) is 0 Å². The second-order valence-electron chi connectivity index (χ2n) is 11.7. The van der Waals surface area contributed by atoms with Gasteiger partial charge in [0.2, 0.25) is 5.91 Å². The minimum Gasteiger partial charge on any atom is -0.371 e. The largest absolute Gasteiger partial charge is 0.371 e. The summed E-state index contributed by atoms with van der Waals surface area (Å²) in [5.74, 6) is -0.941. The first-order chi connectivity index (χ1) is 20.6. The van der Waals surface area contributed by atoms with Gasteiger partial charge in [-0.15, -0.1) is 0 Å². The molecule has 2 aromatic rings. The first-order valence-electron chi connectivity index (χ1n) is 15.0. The number of rotatable bonds is 14. The molecule has 1 saturated heterocycles. The highest BCUT2D eigenvalue weighted by Gasteiger charge is 2.61. The SMILES string of the molecule is C=C(Cl)/C=C\C=C(/F)C1[C@H](CN(CCC)c2ccc(SNC)cc2)C(C)N(CC2CC2)[C@@]1(C)C(=O)Nc1cccc(Cl)c1. The summed E-state index contributed by atoms with van der Waals surface area (Å²) in [5, 5.41) is 3.92. The number of carbonyl (C=O) groups excluding carboxylic acids is 1. The normalized spacial score (nSPS) is 24.4. The smallest absolute Gasteiger partial charge is 0.245 e. The number of likely N-dealkylation sites (tertiary alicyclic amines) is 1. The molecule has 2 aliphatic rings. The number of hydrogen-bond acceptors (Lipinski definition) is 5. The standard InChI is InChI=1S/C34H43Cl2FN4OS/c1-6-19-40(28-15-17-29(18-16-28)43-38-5)22-30-24(3)41(21-25-13-14-25)34(4,32(30)31(37)12-7-9-23(2)35)33(42)39-27-11-8-10-26(36)20-27/h7-12,15-18,20,24-25,30,32,38H,2,6,13-14,19,21-22H2,1,3-5H3,(H,39,42)/b9-7-,31-12-/t24?,30-,32?,34-/m1/s1. The minimum atomic E-state index is -1.15. The van der Waals surface area contributed by atoms with Gasteiger partial charge in [-0.05, 0) is 113 Å². The number of carbonyl (C=O) groups is 1. The molecule has 1 heterocycles. The molecule has 232 valence electrons. The summed E-state index contributed by atoms with van der Waals surface area (Å²) in [6, 6.07) is 15.5. The van der Waals surface area contributed by atoms with Crippen LogP contribution in [0.4, 0.5) is 15.8 Å². The predicted molar refractivity (Wildman–Crippen MR) is 182 cm³/mol. The molecule has 1 saturated carbocycles. The highest BCUT2D eigenvalue weighted by Crippen LogP contribution is 2.50. The lowest BCUT2D eigenvalue weighted by atomic mass is 9.77. The molecule has 2 fully saturated rings. The van der Waals surface area contributed by atoms with E-state index in [1.54, 1.807) is 42.3 Å². The number of halogens is 3. The Morgan fingerprint density at radius 3 is 2.58 bits per heavy atom. The summed E-state index contributed by atoms with van der Waals surface area (Å²) in [6.45, 7) is 12.1. The second kappa shape index (κ2) is 15.1. The highest BCUT2D eigenvalue weighted by atomic mass is 35.5. The van der Waals surface area contributed by atoms with Gasteiger partial charge in [0, 0.05) is 63.8 Å². The summed E-state index contributed by atoms with van der Waals surface area (Å²) in [4.78, 5) is 20.1. The van der Waals surface area contributed by atoms with Gasteiger partial charge >= 0.3 is 0 Å². The molecule has 0 spiro atoms. The van der Waals surface area contributed by atoms with Crippen molar-refractivity contribution in [3.63, 3.8) is 0 Å². The lowest BCUT2D eigenvalue weighted by Crippen LogP contribution is -2.56. The molecule has 4 atom stereocenters. The fourth-order valence-electron chi connectivity index (χ4n) is 6.33. The molecular weight excluding hydrogens is 602 g/mol. The van der Waals surface area contributed by atoms with Crippen molar-refractivity contribution in [2.75, 3.05) is 36.9 Å². The quantitative estimate of drug-likeness (QED) is 0.159. The van der Waals surface area contributed by atoms with Crippen LogP contribution in [-0.4, -0.2) is 49.1 Å². The van der Waals surface area contributed by atoms with Crippen molar-refractivity contribution in [2.24, 2.45) is 17.8 Å². The van der Waals surface area contributed by atoms with E-state index in [1.165, 1.54) is 6.08 Å². The maximum Gasteiger partial charge on any atom is 0.245 e. The monoisotopic (exact) mass is 644 g/mol. The number of hydrogen-bond donors (Lipinski definition) is 2. The molecule has 1 aliphatic heterocycles. The Hall–Kier alpha value is -2.29. The van der Waals surface area contributed by atoms with Crippen molar-refractivity contribution in [2.45, 2.75) is 56.5 Å². The van der Waals surface area contributed by atoms with Gasteiger partial charge in [-0.25, -0.2) is 4.39 Å². The zero-order valence-corrected chi connectivity index (χ0v) is 27.8. The predicted octanol–water partition coefficient (Wildman–Crippen LogP) is 8.69. The Morgan fingerprint density at radius 1 is 1.26 bits per heavy atom. The number of nitrogens with one attached hydrogen (secondary N) is 2. The fourth-order valence-corrected chi connectivity index (χ4v) is 7.10. The highest BCUT2D eigenvalue weighted by molar-refractivity contribution is 7.97. The Balaban J connectivity index is 1.76. The summed E-state index contributed by atoms with van der Waals surface area (Å²) < 4.78 is 19.7. The Morgan fingerprint density at radius 2 is 1.98 bits per heavy atom. The zero-order chi connectivity index (χ0) is 31.1. The summed E-state index contributed by atoms with van der Waals surface area (Å²) in [6.07, 6.45) is 7.78.